The quantitative estimate of drug-likeness (QED) is 0.504. The Kier molecular flexibility index (Phi) is 6.64. The molecule has 0 aliphatic carbocycles. The van der Waals surface area contributed by atoms with Gasteiger partial charge >= 0.3 is 0 Å². The highest BCUT2D eigenvalue weighted by Gasteiger charge is 2.35. The second-order valence-electron chi connectivity index (χ2n) is 9.61. The highest BCUT2D eigenvalue weighted by Crippen LogP contribution is 2.32. The summed E-state index contributed by atoms with van der Waals surface area (Å²) in [5, 5.41) is 7.72. The SMILES string of the molecule is C=CC(=O)N1CCC(NC(=O)c2nn(Cc3ccc(F)cc3)c3c2CN(C(=O)c2ccc[nH]2)CC3C)C1. The van der Waals surface area contributed by atoms with Gasteiger partial charge < -0.3 is 20.1 Å². The van der Waals surface area contributed by atoms with Crippen LogP contribution in [0.15, 0.2) is 55.3 Å². The first-order chi connectivity index (χ1) is 17.8. The van der Waals surface area contributed by atoms with Gasteiger partial charge in [-0.25, -0.2) is 4.39 Å². The van der Waals surface area contributed by atoms with Gasteiger partial charge in [-0.05, 0) is 42.3 Å². The van der Waals surface area contributed by atoms with Crippen LogP contribution in [-0.4, -0.2) is 68.0 Å². The van der Waals surface area contributed by atoms with Gasteiger partial charge in [0.15, 0.2) is 5.69 Å². The minimum absolute atomic E-state index is 0.0793. The number of fused-ring (bicyclic) bond motifs is 1. The van der Waals surface area contributed by atoms with Crippen LogP contribution < -0.4 is 5.32 Å². The number of benzene rings is 1. The Bertz CT molecular complexity index is 1330. The Hall–Kier alpha value is -4.21. The first kappa shape index (κ1) is 24.5. The average Bonchev–Trinajstić information content (AvgIpc) is 3.65. The van der Waals surface area contributed by atoms with E-state index in [1.165, 1.54) is 18.2 Å². The van der Waals surface area contributed by atoms with Crippen molar-refractivity contribution in [1.29, 1.82) is 0 Å². The van der Waals surface area contributed by atoms with Crippen molar-refractivity contribution >= 4 is 17.7 Å². The van der Waals surface area contributed by atoms with Crippen molar-refractivity contribution in [2.24, 2.45) is 0 Å². The van der Waals surface area contributed by atoms with Crippen molar-refractivity contribution < 1.29 is 18.8 Å². The third-order valence-corrected chi connectivity index (χ3v) is 6.99. The lowest BCUT2D eigenvalue weighted by Crippen LogP contribution is -2.40. The number of H-pyrrole nitrogens is 1. The van der Waals surface area contributed by atoms with E-state index in [-0.39, 0.29) is 47.7 Å². The summed E-state index contributed by atoms with van der Waals surface area (Å²) < 4.78 is 15.2. The second-order valence-corrected chi connectivity index (χ2v) is 9.61. The number of hydrogen-bond donors (Lipinski definition) is 2. The standard InChI is InChI=1S/C27H29FN6O3/c1-3-23(35)32-12-10-20(15-32)30-26(36)24-21-16-33(27(37)22-5-4-11-29-22)13-17(2)25(21)34(31-24)14-18-6-8-19(28)9-7-18/h3-9,11,17,20,29H,1,10,12-16H2,2H3,(H,30,36). The molecule has 0 bridgehead atoms. The Labute approximate surface area is 213 Å². The maximum absolute atomic E-state index is 13.5. The molecule has 4 heterocycles. The molecule has 2 N–H and O–H groups in total. The zero-order valence-corrected chi connectivity index (χ0v) is 20.6. The highest BCUT2D eigenvalue weighted by atomic mass is 19.1. The van der Waals surface area contributed by atoms with Crippen LogP contribution in [0, 0.1) is 5.82 Å². The van der Waals surface area contributed by atoms with Crippen molar-refractivity contribution in [2.45, 2.75) is 38.4 Å². The van der Waals surface area contributed by atoms with E-state index in [1.807, 2.05) is 6.92 Å². The van der Waals surface area contributed by atoms with Gasteiger partial charge in [0.05, 0.1) is 13.1 Å². The van der Waals surface area contributed by atoms with Gasteiger partial charge in [-0.3, -0.25) is 19.1 Å². The fourth-order valence-electron chi connectivity index (χ4n) is 5.21. The minimum Gasteiger partial charge on any atom is -0.357 e. The van der Waals surface area contributed by atoms with Crippen molar-refractivity contribution in [3.63, 3.8) is 0 Å². The number of aromatic nitrogens is 3. The molecule has 2 aromatic heterocycles. The molecule has 37 heavy (non-hydrogen) atoms. The van der Waals surface area contributed by atoms with E-state index >= 15 is 0 Å². The fourth-order valence-corrected chi connectivity index (χ4v) is 5.21. The molecule has 9 nitrogen and oxygen atoms in total. The summed E-state index contributed by atoms with van der Waals surface area (Å²) in [7, 11) is 0. The lowest BCUT2D eigenvalue weighted by molar-refractivity contribution is -0.125. The van der Waals surface area contributed by atoms with Crippen molar-refractivity contribution in [1.82, 2.24) is 29.9 Å². The zero-order valence-electron chi connectivity index (χ0n) is 20.6. The molecule has 3 amide bonds. The number of halogens is 1. The number of amides is 3. The van der Waals surface area contributed by atoms with Gasteiger partial charge in [-0.15, -0.1) is 0 Å². The molecule has 0 spiro atoms. The Morgan fingerprint density at radius 2 is 1.97 bits per heavy atom. The van der Waals surface area contributed by atoms with E-state index < -0.39 is 0 Å². The molecule has 10 heteroatoms. The van der Waals surface area contributed by atoms with Crippen molar-refractivity contribution in [3.05, 3.63) is 89.3 Å². The number of nitrogens with one attached hydrogen (secondary N) is 2. The second kappa shape index (κ2) is 10.0. The molecule has 0 radical (unpaired) electrons. The fraction of sp³-hybridized carbons (Fsp3) is 0.333. The number of aromatic amines is 1. The largest absolute Gasteiger partial charge is 0.357 e. The van der Waals surface area contributed by atoms with Gasteiger partial charge in [-0.2, -0.15) is 5.10 Å². The molecule has 1 aromatic carbocycles. The highest BCUT2D eigenvalue weighted by molar-refractivity contribution is 5.96. The van der Waals surface area contributed by atoms with E-state index in [0.29, 0.717) is 43.9 Å². The lowest BCUT2D eigenvalue weighted by atomic mass is 9.95. The van der Waals surface area contributed by atoms with Crippen LogP contribution in [0.5, 0.6) is 0 Å². The maximum atomic E-state index is 13.5. The molecule has 1 fully saturated rings. The number of likely N-dealkylation sites (tertiary alicyclic amines) is 1. The number of hydrogen-bond acceptors (Lipinski definition) is 4. The predicted octanol–water partition coefficient (Wildman–Crippen LogP) is 2.67. The smallest absolute Gasteiger partial charge is 0.272 e. The molecular formula is C27H29FN6O3. The Morgan fingerprint density at radius 1 is 1.19 bits per heavy atom. The number of nitrogens with zero attached hydrogens (tertiary/aromatic N) is 4. The van der Waals surface area contributed by atoms with Gasteiger partial charge in [0.25, 0.3) is 11.8 Å². The first-order valence-corrected chi connectivity index (χ1v) is 12.3. The molecule has 2 unspecified atom stereocenters. The lowest BCUT2D eigenvalue weighted by Gasteiger charge is -2.32. The predicted molar refractivity (Wildman–Crippen MR) is 134 cm³/mol. The molecule has 1 saturated heterocycles. The third kappa shape index (κ3) is 4.91. The Balaban J connectivity index is 1.44. The van der Waals surface area contributed by atoms with Crippen molar-refractivity contribution in [3.8, 4) is 0 Å². The number of rotatable bonds is 6. The van der Waals surface area contributed by atoms with Crippen molar-refractivity contribution in [2.75, 3.05) is 19.6 Å². The van der Waals surface area contributed by atoms with E-state index in [2.05, 4.69) is 16.9 Å². The molecule has 5 rings (SSSR count). The van der Waals surface area contributed by atoms with E-state index in [1.54, 1.807) is 44.9 Å². The third-order valence-electron chi connectivity index (χ3n) is 6.99. The van der Waals surface area contributed by atoms with Crippen LogP contribution in [0.25, 0.3) is 0 Å². The van der Waals surface area contributed by atoms with Crippen LogP contribution in [0.1, 0.15) is 57.1 Å². The normalized spacial score (nSPS) is 19.0. The van der Waals surface area contributed by atoms with Gasteiger partial charge in [0.1, 0.15) is 11.5 Å². The zero-order chi connectivity index (χ0) is 26.1. The van der Waals surface area contributed by atoms with E-state index in [4.69, 9.17) is 5.10 Å². The Morgan fingerprint density at radius 3 is 2.68 bits per heavy atom. The molecule has 2 atom stereocenters. The number of carbonyl (C=O) groups excluding carboxylic acids is 3. The number of carbonyl (C=O) groups is 3. The van der Waals surface area contributed by atoms with Crippen LogP contribution >= 0.6 is 0 Å². The average molecular weight is 505 g/mol. The summed E-state index contributed by atoms with van der Waals surface area (Å²) in [5.74, 6) is -1.05. The van der Waals surface area contributed by atoms with Gasteiger partial charge in [-0.1, -0.05) is 25.6 Å². The minimum atomic E-state index is -0.339. The monoisotopic (exact) mass is 504 g/mol. The molecule has 3 aromatic rings. The summed E-state index contributed by atoms with van der Waals surface area (Å²) in [4.78, 5) is 44.9. The summed E-state index contributed by atoms with van der Waals surface area (Å²) in [5.41, 5.74) is 3.19. The summed E-state index contributed by atoms with van der Waals surface area (Å²) in [6.07, 6.45) is 3.61. The first-order valence-electron chi connectivity index (χ1n) is 12.3. The van der Waals surface area contributed by atoms with Crippen LogP contribution in [0.4, 0.5) is 4.39 Å². The van der Waals surface area contributed by atoms with E-state index in [9.17, 15) is 18.8 Å². The van der Waals surface area contributed by atoms with Crippen LogP contribution in [0.2, 0.25) is 0 Å². The molecule has 0 saturated carbocycles. The molecule has 192 valence electrons. The molecule has 2 aliphatic rings. The summed E-state index contributed by atoms with van der Waals surface area (Å²) >= 11 is 0. The topological polar surface area (TPSA) is 103 Å². The molecular weight excluding hydrogens is 475 g/mol. The van der Waals surface area contributed by atoms with Gasteiger partial charge in [0.2, 0.25) is 5.91 Å². The van der Waals surface area contributed by atoms with Crippen LogP contribution in [-0.2, 0) is 17.9 Å². The maximum Gasteiger partial charge on any atom is 0.272 e. The van der Waals surface area contributed by atoms with Crippen LogP contribution in [0.3, 0.4) is 0 Å². The van der Waals surface area contributed by atoms with Gasteiger partial charge in [0, 0.05) is 49.0 Å². The molecule has 2 aliphatic heterocycles. The summed E-state index contributed by atoms with van der Waals surface area (Å²) in [6, 6.07) is 9.48. The summed E-state index contributed by atoms with van der Waals surface area (Å²) in [6.45, 7) is 7.58. The van der Waals surface area contributed by atoms with E-state index in [0.717, 1.165) is 11.3 Å².